The molecule has 1 heterocycles. The van der Waals surface area contributed by atoms with Gasteiger partial charge >= 0.3 is 6.61 Å². The van der Waals surface area contributed by atoms with Crippen molar-refractivity contribution in [3.05, 3.63) is 83.4 Å². The van der Waals surface area contributed by atoms with Crippen molar-refractivity contribution in [1.29, 1.82) is 0 Å². The largest absolute Gasteiger partial charge is 0.480 e. The van der Waals surface area contributed by atoms with Crippen LogP contribution in [-0.4, -0.2) is 12.5 Å². The van der Waals surface area contributed by atoms with Gasteiger partial charge in [-0.05, 0) is 42.7 Å². The monoisotopic (exact) mass is 409 g/mol. The highest BCUT2D eigenvalue weighted by atomic mass is 19.3. The molecule has 0 aliphatic carbocycles. The van der Waals surface area contributed by atoms with Crippen LogP contribution in [-0.2, 0) is 10.2 Å². The molecule has 0 saturated carbocycles. The number of nitrogens with two attached hydrogens (primary N) is 1. The van der Waals surface area contributed by atoms with Crippen molar-refractivity contribution >= 4 is 5.91 Å². The minimum absolute atomic E-state index is 0.0390. The second-order valence-corrected chi connectivity index (χ2v) is 7.71. The molecule has 0 saturated heterocycles. The van der Waals surface area contributed by atoms with Gasteiger partial charge in [-0.1, -0.05) is 54.6 Å². The number of alkyl halides is 2. The fourth-order valence-electron chi connectivity index (χ4n) is 3.67. The van der Waals surface area contributed by atoms with E-state index in [1.165, 1.54) is 6.07 Å². The van der Waals surface area contributed by atoms with Crippen molar-refractivity contribution in [2.75, 3.05) is 0 Å². The lowest BCUT2D eigenvalue weighted by Gasteiger charge is -2.32. The molecule has 6 heteroatoms. The number of benzene rings is 3. The molecule has 0 radical (unpaired) electrons. The third kappa shape index (κ3) is 3.38. The van der Waals surface area contributed by atoms with Crippen molar-refractivity contribution in [2.45, 2.75) is 32.0 Å². The predicted octanol–water partition coefficient (Wildman–Crippen LogP) is 5.20. The van der Waals surface area contributed by atoms with Gasteiger partial charge in [0, 0.05) is 5.56 Å². The molecule has 0 spiro atoms. The SMILES string of the molecule is CC(C)(C(N)=O)c1ccc2c(c1)C(c1ccccc1)Oc1cccc(OC(F)F)c1-2. The van der Waals surface area contributed by atoms with Crippen LogP contribution in [0.1, 0.15) is 36.6 Å². The van der Waals surface area contributed by atoms with Gasteiger partial charge < -0.3 is 15.2 Å². The molecule has 0 fully saturated rings. The lowest BCUT2D eigenvalue weighted by molar-refractivity contribution is -0.122. The molecule has 4 rings (SSSR count). The third-order valence-electron chi connectivity index (χ3n) is 5.49. The summed E-state index contributed by atoms with van der Waals surface area (Å²) in [4.78, 5) is 12.0. The highest BCUT2D eigenvalue weighted by molar-refractivity contribution is 5.87. The number of halogens is 2. The number of hydrogen-bond acceptors (Lipinski definition) is 3. The van der Waals surface area contributed by atoms with Crippen molar-refractivity contribution in [2.24, 2.45) is 5.73 Å². The van der Waals surface area contributed by atoms with E-state index in [0.717, 1.165) is 11.1 Å². The molecular weight excluding hydrogens is 388 g/mol. The Labute approximate surface area is 173 Å². The number of rotatable bonds is 5. The van der Waals surface area contributed by atoms with E-state index in [1.807, 2.05) is 42.5 Å². The Balaban J connectivity index is 1.95. The van der Waals surface area contributed by atoms with Gasteiger partial charge in [-0.25, -0.2) is 0 Å². The van der Waals surface area contributed by atoms with E-state index < -0.39 is 24.0 Å². The van der Waals surface area contributed by atoms with Crippen molar-refractivity contribution in [3.8, 4) is 22.6 Å². The van der Waals surface area contributed by atoms with Crippen LogP contribution in [0.15, 0.2) is 66.7 Å². The van der Waals surface area contributed by atoms with Crippen LogP contribution in [0.4, 0.5) is 8.78 Å². The van der Waals surface area contributed by atoms with E-state index in [0.29, 0.717) is 22.4 Å². The average Bonchev–Trinajstić information content (AvgIpc) is 2.72. The van der Waals surface area contributed by atoms with E-state index in [-0.39, 0.29) is 5.75 Å². The first kappa shape index (κ1) is 19.9. The van der Waals surface area contributed by atoms with Gasteiger partial charge in [0.1, 0.15) is 17.6 Å². The number of amides is 1. The quantitative estimate of drug-likeness (QED) is 0.630. The van der Waals surface area contributed by atoms with Crippen molar-refractivity contribution in [1.82, 2.24) is 0 Å². The third-order valence-corrected chi connectivity index (χ3v) is 5.49. The summed E-state index contributed by atoms with van der Waals surface area (Å²) in [5.41, 5.74) is 8.25. The minimum Gasteiger partial charge on any atom is -0.480 e. The normalized spacial score (nSPS) is 15.2. The van der Waals surface area contributed by atoms with Crippen LogP contribution < -0.4 is 15.2 Å². The van der Waals surface area contributed by atoms with E-state index >= 15 is 0 Å². The molecule has 3 aromatic carbocycles. The number of primary amides is 1. The van der Waals surface area contributed by atoms with Gasteiger partial charge in [0.05, 0.1) is 11.0 Å². The van der Waals surface area contributed by atoms with Crippen molar-refractivity contribution < 1.29 is 23.0 Å². The Hall–Kier alpha value is -3.41. The highest BCUT2D eigenvalue weighted by Gasteiger charge is 2.34. The molecule has 154 valence electrons. The lowest BCUT2D eigenvalue weighted by atomic mass is 9.79. The summed E-state index contributed by atoms with van der Waals surface area (Å²) in [6.45, 7) is 0.537. The summed E-state index contributed by atoms with van der Waals surface area (Å²) in [5, 5.41) is 0. The number of fused-ring (bicyclic) bond motifs is 3. The fraction of sp³-hybridized carbons (Fsp3) is 0.208. The van der Waals surface area contributed by atoms with Gasteiger partial charge in [0.25, 0.3) is 0 Å². The summed E-state index contributed by atoms with van der Waals surface area (Å²) in [7, 11) is 0. The van der Waals surface area contributed by atoms with Crippen molar-refractivity contribution in [3.63, 3.8) is 0 Å². The molecular formula is C24H21F2NO3. The summed E-state index contributed by atoms with van der Waals surface area (Å²) >= 11 is 0. The summed E-state index contributed by atoms with van der Waals surface area (Å²) in [5.74, 6) is 0.0335. The van der Waals surface area contributed by atoms with Crippen LogP contribution in [0.3, 0.4) is 0 Å². The fourth-order valence-corrected chi connectivity index (χ4v) is 3.67. The molecule has 1 aliphatic heterocycles. The van der Waals surface area contributed by atoms with Crippen LogP contribution >= 0.6 is 0 Å². The van der Waals surface area contributed by atoms with Gasteiger partial charge in [-0.15, -0.1) is 0 Å². The zero-order valence-electron chi connectivity index (χ0n) is 16.6. The number of carbonyl (C=O) groups excluding carboxylic acids is 1. The first-order valence-corrected chi connectivity index (χ1v) is 9.53. The van der Waals surface area contributed by atoms with E-state index in [2.05, 4.69) is 0 Å². The average molecular weight is 409 g/mol. The molecule has 1 amide bonds. The Kier molecular flexibility index (Phi) is 4.94. The lowest BCUT2D eigenvalue weighted by Crippen LogP contribution is -2.35. The zero-order chi connectivity index (χ0) is 21.5. The first-order chi connectivity index (χ1) is 14.3. The first-order valence-electron chi connectivity index (χ1n) is 9.53. The van der Waals surface area contributed by atoms with Crippen LogP contribution in [0.5, 0.6) is 11.5 Å². The minimum atomic E-state index is -2.96. The maximum atomic E-state index is 13.0. The van der Waals surface area contributed by atoms with Gasteiger partial charge in [-0.3, -0.25) is 4.79 Å². The maximum Gasteiger partial charge on any atom is 0.387 e. The number of carbonyl (C=O) groups is 1. The summed E-state index contributed by atoms with van der Waals surface area (Å²) in [6, 6.07) is 19.9. The Bertz CT molecular complexity index is 1100. The van der Waals surface area contributed by atoms with E-state index in [1.54, 1.807) is 32.0 Å². The molecule has 1 aliphatic rings. The smallest absolute Gasteiger partial charge is 0.387 e. The topological polar surface area (TPSA) is 61.6 Å². The number of hydrogen-bond donors (Lipinski definition) is 1. The van der Waals surface area contributed by atoms with E-state index in [4.69, 9.17) is 15.2 Å². The molecule has 3 aromatic rings. The molecule has 30 heavy (non-hydrogen) atoms. The standard InChI is InChI=1S/C24H21F2NO3/c1-24(2,22(27)28)15-11-12-16-17(13-15)21(14-7-4-3-5-8-14)29-18-9-6-10-19(20(16)18)30-23(25)26/h3-13,21,23H,1-2H3,(H2,27,28). The van der Waals surface area contributed by atoms with Gasteiger partial charge in [0.15, 0.2) is 0 Å². The molecule has 1 unspecified atom stereocenters. The predicted molar refractivity (Wildman–Crippen MR) is 110 cm³/mol. The highest BCUT2D eigenvalue weighted by Crippen LogP contribution is 2.49. The Morgan fingerprint density at radius 3 is 2.47 bits per heavy atom. The molecule has 0 bridgehead atoms. The molecule has 1 atom stereocenters. The Morgan fingerprint density at radius 1 is 1.07 bits per heavy atom. The zero-order valence-corrected chi connectivity index (χ0v) is 16.6. The number of ether oxygens (including phenoxy) is 2. The van der Waals surface area contributed by atoms with E-state index in [9.17, 15) is 13.6 Å². The van der Waals surface area contributed by atoms with Crippen LogP contribution in [0.2, 0.25) is 0 Å². The summed E-state index contributed by atoms with van der Waals surface area (Å²) < 4.78 is 37.0. The summed E-state index contributed by atoms with van der Waals surface area (Å²) in [6.07, 6.45) is -0.473. The maximum absolute atomic E-state index is 13.0. The second-order valence-electron chi connectivity index (χ2n) is 7.71. The molecule has 2 N–H and O–H groups in total. The van der Waals surface area contributed by atoms with Gasteiger partial charge in [0.2, 0.25) is 5.91 Å². The van der Waals surface area contributed by atoms with Crippen LogP contribution in [0, 0.1) is 0 Å². The molecule has 0 aromatic heterocycles. The molecule has 4 nitrogen and oxygen atoms in total. The second kappa shape index (κ2) is 7.44. The Morgan fingerprint density at radius 2 is 1.80 bits per heavy atom. The van der Waals surface area contributed by atoms with Crippen LogP contribution in [0.25, 0.3) is 11.1 Å². The van der Waals surface area contributed by atoms with Gasteiger partial charge in [-0.2, -0.15) is 8.78 Å².